The molecule has 0 radical (unpaired) electrons. The van der Waals surface area contributed by atoms with Gasteiger partial charge in [0.1, 0.15) is 0 Å². The molecule has 0 saturated heterocycles. The number of hydrogen-bond acceptors (Lipinski definition) is 2. The summed E-state index contributed by atoms with van der Waals surface area (Å²) in [6.45, 7) is 10.7. The molecule has 4 aromatic carbocycles. The van der Waals surface area contributed by atoms with E-state index in [9.17, 15) is 0 Å². The predicted molar refractivity (Wildman–Crippen MR) is 150 cm³/mol. The van der Waals surface area contributed by atoms with Crippen LogP contribution >= 0.6 is 0 Å². The quantitative estimate of drug-likeness (QED) is 0.250. The molecule has 0 N–H and O–H groups in total. The summed E-state index contributed by atoms with van der Waals surface area (Å²) in [7, 11) is 0. The average molecular weight is 447 g/mol. The molecule has 0 saturated carbocycles. The zero-order chi connectivity index (χ0) is 23.9. The first-order valence-corrected chi connectivity index (χ1v) is 12.1. The molecule has 2 nitrogen and oxygen atoms in total. The van der Waals surface area contributed by atoms with Gasteiger partial charge in [-0.25, -0.2) is 0 Å². The van der Waals surface area contributed by atoms with Crippen LogP contribution in [0.5, 0.6) is 0 Å². The summed E-state index contributed by atoms with van der Waals surface area (Å²) >= 11 is 0. The van der Waals surface area contributed by atoms with E-state index in [1.807, 2.05) is 0 Å². The first-order valence-electron chi connectivity index (χ1n) is 12.1. The topological polar surface area (TPSA) is 6.48 Å². The molecule has 0 heterocycles. The minimum Gasteiger partial charge on any atom is -0.372 e. The molecule has 0 aliphatic heterocycles. The van der Waals surface area contributed by atoms with Crippen molar-refractivity contribution in [2.45, 2.75) is 27.7 Å². The lowest BCUT2D eigenvalue weighted by atomic mass is 10.1. The van der Waals surface area contributed by atoms with Crippen molar-refractivity contribution >= 4 is 34.9 Å². The summed E-state index contributed by atoms with van der Waals surface area (Å²) in [6, 6.07) is 34.9. The molecule has 0 fully saturated rings. The Hall–Kier alpha value is -3.78. The van der Waals surface area contributed by atoms with Crippen LogP contribution in [-0.4, -0.2) is 13.1 Å². The van der Waals surface area contributed by atoms with E-state index in [0.29, 0.717) is 0 Å². The molecule has 0 unspecified atom stereocenters. The maximum Gasteiger partial charge on any atom is 0.0462 e. The van der Waals surface area contributed by atoms with E-state index in [4.69, 9.17) is 0 Å². The molecule has 0 bridgehead atoms. The van der Waals surface area contributed by atoms with E-state index >= 15 is 0 Å². The monoisotopic (exact) mass is 446 g/mol. The van der Waals surface area contributed by atoms with Crippen LogP contribution in [0.1, 0.15) is 36.1 Å². The van der Waals surface area contributed by atoms with Crippen LogP contribution in [0, 0.1) is 13.8 Å². The Kier molecular flexibility index (Phi) is 7.49. The Balaban J connectivity index is 1.60. The van der Waals surface area contributed by atoms with Crippen LogP contribution in [0.15, 0.2) is 97.1 Å². The Morgan fingerprint density at radius 2 is 1.00 bits per heavy atom. The first-order chi connectivity index (χ1) is 16.6. The summed E-state index contributed by atoms with van der Waals surface area (Å²) in [6.07, 6.45) is 4.38. The minimum atomic E-state index is 1.02. The average Bonchev–Trinajstić information content (AvgIpc) is 2.87. The Morgan fingerprint density at radius 1 is 0.529 bits per heavy atom. The fourth-order valence-corrected chi connectivity index (χ4v) is 4.18. The van der Waals surface area contributed by atoms with Gasteiger partial charge in [0.05, 0.1) is 0 Å². The molecular weight excluding hydrogens is 412 g/mol. The van der Waals surface area contributed by atoms with Crippen LogP contribution in [0.4, 0.5) is 22.7 Å². The van der Waals surface area contributed by atoms with E-state index in [-0.39, 0.29) is 0 Å². The third kappa shape index (κ3) is 5.58. The van der Waals surface area contributed by atoms with E-state index in [1.54, 1.807) is 0 Å². The van der Waals surface area contributed by atoms with Gasteiger partial charge in [-0.05, 0) is 87.4 Å². The third-order valence-electron chi connectivity index (χ3n) is 6.20. The molecule has 0 amide bonds. The second kappa shape index (κ2) is 10.9. The van der Waals surface area contributed by atoms with Gasteiger partial charge in [-0.2, -0.15) is 0 Å². The van der Waals surface area contributed by atoms with E-state index < -0.39 is 0 Å². The number of benzene rings is 4. The second-order valence-corrected chi connectivity index (χ2v) is 8.70. The highest BCUT2D eigenvalue weighted by atomic mass is 15.1. The van der Waals surface area contributed by atoms with Crippen molar-refractivity contribution in [2.75, 3.05) is 22.9 Å². The van der Waals surface area contributed by atoms with Gasteiger partial charge in [0.2, 0.25) is 0 Å². The van der Waals surface area contributed by atoms with Crippen molar-refractivity contribution in [3.63, 3.8) is 0 Å². The molecule has 0 aliphatic rings. The van der Waals surface area contributed by atoms with Crippen molar-refractivity contribution in [2.24, 2.45) is 0 Å². The van der Waals surface area contributed by atoms with Crippen molar-refractivity contribution in [3.8, 4) is 0 Å². The van der Waals surface area contributed by atoms with E-state index in [0.717, 1.165) is 30.2 Å². The zero-order valence-corrected chi connectivity index (χ0v) is 20.7. The first kappa shape index (κ1) is 23.4. The Labute approximate surface area is 204 Å². The van der Waals surface area contributed by atoms with Crippen molar-refractivity contribution in [3.05, 3.63) is 119 Å². The molecular formula is C32H34N2. The maximum absolute atomic E-state index is 2.37. The normalized spacial score (nSPS) is 11.1. The molecule has 172 valence electrons. The number of rotatable bonds is 8. The molecule has 4 rings (SSSR count). The van der Waals surface area contributed by atoms with Gasteiger partial charge in [0.25, 0.3) is 0 Å². The number of hydrogen-bond donors (Lipinski definition) is 0. The maximum atomic E-state index is 2.37. The highest BCUT2D eigenvalue weighted by Gasteiger charge is 2.12. The van der Waals surface area contributed by atoms with Gasteiger partial charge >= 0.3 is 0 Å². The summed E-state index contributed by atoms with van der Waals surface area (Å²) < 4.78 is 0. The number of aryl methyl sites for hydroxylation is 2. The van der Waals surface area contributed by atoms with Gasteiger partial charge in [-0.1, -0.05) is 71.8 Å². The smallest absolute Gasteiger partial charge is 0.0462 e. The fourth-order valence-electron chi connectivity index (χ4n) is 4.18. The summed E-state index contributed by atoms with van der Waals surface area (Å²) in [4.78, 5) is 4.68. The van der Waals surface area contributed by atoms with Gasteiger partial charge in [0, 0.05) is 35.8 Å². The highest BCUT2D eigenvalue weighted by Crippen LogP contribution is 2.35. The van der Waals surface area contributed by atoms with Crippen molar-refractivity contribution < 1.29 is 0 Å². The minimum absolute atomic E-state index is 1.02. The van der Waals surface area contributed by atoms with Gasteiger partial charge in [-0.3, -0.25) is 0 Å². The van der Waals surface area contributed by atoms with Crippen LogP contribution in [0.2, 0.25) is 0 Å². The summed E-state index contributed by atoms with van der Waals surface area (Å²) in [5.41, 5.74) is 9.66. The van der Waals surface area contributed by atoms with Crippen LogP contribution in [-0.2, 0) is 0 Å². The van der Waals surface area contributed by atoms with E-state index in [2.05, 4.69) is 147 Å². The van der Waals surface area contributed by atoms with Crippen LogP contribution in [0.3, 0.4) is 0 Å². The molecule has 0 aromatic heterocycles. The number of anilines is 4. The summed E-state index contributed by atoms with van der Waals surface area (Å²) in [5, 5.41) is 0. The lowest BCUT2D eigenvalue weighted by molar-refractivity contribution is 0.866. The predicted octanol–water partition coefficient (Wildman–Crippen LogP) is 8.79. The van der Waals surface area contributed by atoms with Gasteiger partial charge in [-0.15, -0.1) is 0 Å². The molecule has 0 spiro atoms. The second-order valence-electron chi connectivity index (χ2n) is 8.70. The van der Waals surface area contributed by atoms with Crippen LogP contribution < -0.4 is 9.80 Å². The number of nitrogens with zero attached hydrogens (tertiary/aromatic N) is 2. The Bertz CT molecular complexity index is 1170. The van der Waals surface area contributed by atoms with Crippen LogP contribution in [0.25, 0.3) is 12.2 Å². The third-order valence-corrected chi connectivity index (χ3v) is 6.20. The Morgan fingerprint density at radius 3 is 1.50 bits per heavy atom. The summed E-state index contributed by atoms with van der Waals surface area (Å²) in [5.74, 6) is 0. The fraction of sp³-hybridized carbons (Fsp3) is 0.188. The standard InChI is InChI=1S/C32H34N2/c1-5-33(6-2)32-9-7-8-28(24-32)15-14-27-16-22-31(23-17-27)34(29-18-10-25(3)11-19-29)30-20-12-26(4)13-21-30/h7-24H,5-6H2,1-4H3. The van der Waals surface area contributed by atoms with E-state index in [1.165, 1.54) is 27.9 Å². The highest BCUT2D eigenvalue weighted by molar-refractivity contribution is 5.78. The molecule has 0 atom stereocenters. The molecule has 2 heteroatoms. The zero-order valence-electron chi connectivity index (χ0n) is 20.7. The van der Waals surface area contributed by atoms with Crippen molar-refractivity contribution in [1.29, 1.82) is 0 Å². The largest absolute Gasteiger partial charge is 0.372 e. The lowest BCUT2D eigenvalue weighted by Gasteiger charge is -2.25. The van der Waals surface area contributed by atoms with Gasteiger partial charge < -0.3 is 9.80 Å². The lowest BCUT2D eigenvalue weighted by Crippen LogP contribution is -2.21. The SMILES string of the molecule is CCN(CC)c1cccc(C=Cc2ccc(N(c3ccc(C)cc3)c3ccc(C)cc3)cc2)c1. The molecule has 4 aromatic rings. The van der Waals surface area contributed by atoms with Gasteiger partial charge in [0.15, 0.2) is 0 Å². The molecule has 34 heavy (non-hydrogen) atoms. The van der Waals surface area contributed by atoms with Crippen molar-refractivity contribution in [1.82, 2.24) is 0 Å². The molecule has 0 aliphatic carbocycles.